The Bertz CT molecular complexity index is 179. The highest BCUT2D eigenvalue weighted by Gasteiger charge is 2.36. The van der Waals surface area contributed by atoms with Crippen LogP contribution < -0.4 is 5.73 Å². The maximum absolute atomic E-state index is 11.1. The molecule has 1 saturated heterocycles. The van der Waals surface area contributed by atoms with Crippen molar-refractivity contribution in [2.45, 2.75) is 25.4 Å². The second-order valence-electron chi connectivity index (χ2n) is 2.83. The van der Waals surface area contributed by atoms with Crippen molar-refractivity contribution in [3.8, 4) is 0 Å². The van der Waals surface area contributed by atoms with Gasteiger partial charge in [-0.05, 0) is 12.5 Å². The molecule has 1 amide bonds. The second kappa shape index (κ2) is 3.05. The Kier molecular flexibility index (Phi) is 2.29. The predicted octanol–water partition coefficient (Wildman–Crippen LogP) is 0.120. The van der Waals surface area contributed by atoms with Crippen molar-refractivity contribution in [1.29, 1.82) is 0 Å². The smallest absolute Gasteiger partial charge is 0.246 e. The quantitative estimate of drug-likeness (QED) is 0.574. The molecule has 0 saturated carbocycles. The van der Waals surface area contributed by atoms with Crippen LogP contribution in [0.3, 0.4) is 0 Å². The molecule has 2 N–H and O–H groups in total. The van der Waals surface area contributed by atoms with Gasteiger partial charge in [0, 0.05) is 18.6 Å². The van der Waals surface area contributed by atoms with Gasteiger partial charge < -0.3 is 10.6 Å². The highest BCUT2D eigenvalue weighted by molar-refractivity contribution is 5.88. The Balaban J connectivity index is 2.50. The molecule has 2 atom stereocenters. The van der Waals surface area contributed by atoms with Crippen molar-refractivity contribution in [3.63, 3.8) is 0 Å². The average Bonchev–Trinajstić information content (AvgIpc) is 1.99. The van der Waals surface area contributed by atoms with E-state index in [1.807, 2.05) is 6.92 Å². The van der Waals surface area contributed by atoms with Crippen LogP contribution in [0.1, 0.15) is 13.3 Å². The Morgan fingerprint density at radius 3 is 2.91 bits per heavy atom. The minimum Gasteiger partial charge on any atom is -0.333 e. The van der Waals surface area contributed by atoms with E-state index in [9.17, 15) is 4.79 Å². The Morgan fingerprint density at radius 1 is 1.91 bits per heavy atom. The summed E-state index contributed by atoms with van der Waals surface area (Å²) < 4.78 is 0. The number of likely N-dealkylation sites (tertiary alicyclic amines) is 1. The lowest BCUT2D eigenvalue weighted by molar-refractivity contribution is -0.134. The molecule has 0 radical (unpaired) electrons. The standard InChI is InChI=1S/C8H14N2O/c1-3-7-6(9)5-10(7)8(11)4-2/h4,6-7H,2-3,5,9H2,1H3/t6-,7+/m1/s1. The van der Waals surface area contributed by atoms with Crippen LogP contribution in [0.15, 0.2) is 12.7 Å². The minimum atomic E-state index is -0.00134. The fourth-order valence-electron chi connectivity index (χ4n) is 1.47. The molecule has 0 aromatic carbocycles. The average molecular weight is 154 g/mol. The number of nitrogens with zero attached hydrogens (tertiary/aromatic N) is 1. The zero-order valence-electron chi connectivity index (χ0n) is 6.79. The number of hydrogen-bond acceptors (Lipinski definition) is 2. The van der Waals surface area contributed by atoms with Gasteiger partial charge in [0.2, 0.25) is 5.91 Å². The summed E-state index contributed by atoms with van der Waals surface area (Å²) in [6, 6.07) is 0.407. The van der Waals surface area contributed by atoms with Crippen molar-refractivity contribution in [1.82, 2.24) is 4.90 Å². The molecule has 62 valence electrons. The van der Waals surface area contributed by atoms with Crippen LogP contribution in [-0.4, -0.2) is 29.4 Å². The van der Waals surface area contributed by atoms with Crippen LogP contribution in [0.2, 0.25) is 0 Å². The van der Waals surface area contributed by atoms with E-state index in [1.54, 1.807) is 4.90 Å². The van der Waals surface area contributed by atoms with Gasteiger partial charge in [-0.1, -0.05) is 13.5 Å². The minimum absolute atomic E-state index is 0.00134. The maximum Gasteiger partial charge on any atom is 0.246 e. The van der Waals surface area contributed by atoms with Crippen molar-refractivity contribution < 1.29 is 4.79 Å². The van der Waals surface area contributed by atoms with Gasteiger partial charge in [-0.15, -0.1) is 0 Å². The first-order valence-corrected chi connectivity index (χ1v) is 3.89. The van der Waals surface area contributed by atoms with Crippen LogP contribution >= 0.6 is 0 Å². The fraction of sp³-hybridized carbons (Fsp3) is 0.625. The lowest BCUT2D eigenvalue weighted by atomic mass is 9.95. The SMILES string of the molecule is C=CC(=O)N1C[C@@H](N)[C@@H]1CC. The summed E-state index contributed by atoms with van der Waals surface area (Å²) in [5.74, 6) is -0.00134. The van der Waals surface area contributed by atoms with Gasteiger partial charge in [-0.25, -0.2) is 0 Å². The first-order chi connectivity index (χ1) is 5.20. The Hall–Kier alpha value is -0.830. The lowest BCUT2D eigenvalue weighted by Gasteiger charge is -2.45. The molecule has 0 spiro atoms. The van der Waals surface area contributed by atoms with Gasteiger partial charge >= 0.3 is 0 Å². The first-order valence-electron chi connectivity index (χ1n) is 3.89. The molecule has 1 heterocycles. The van der Waals surface area contributed by atoms with E-state index in [-0.39, 0.29) is 18.0 Å². The molecule has 0 aromatic rings. The summed E-state index contributed by atoms with van der Waals surface area (Å²) in [4.78, 5) is 12.8. The highest BCUT2D eigenvalue weighted by atomic mass is 16.2. The zero-order valence-corrected chi connectivity index (χ0v) is 6.79. The van der Waals surface area contributed by atoms with Crippen LogP contribution in [0, 0.1) is 0 Å². The zero-order chi connectivity index (χ0) is 8.43. The second-order valence-corrected chi connectivity index (χ2v) is 2.83. The van der Waals surface area contributed by atoms with Gasteiger partial charge in [0.05, 0.1) is 0 Å². The molecule has 0 aromatic heterocycles. The van der Waals surface area contributed by atoms with Crippen LogP contribution in [-0.2, 0) is 4.79 Å². The van der Waals surface area contributed by atoms with Crippen molar-refractivity contribution >= 4 is 5.91 Å². The predicted molar refractivity (Wildman–Crippen MR) is 44.0 cm³/mol. The number of carbonyl (C=O) groups is 1. The number of hydrogen-bond donors (Lipinski definition) is 1. The number of amides is 1. The summed E-state index contributed by atoms with van der Waals surface area (Å²) in [6.45, 7) is 6.14. The molecular weight excluding hydrogens is 140 g/mol. The fourth-order valence-corrected chi connectivity index (χ4v) is 1.47. The van der Waals surface area contributed by atoms with Gasteiger partial charge in [0.25, 0.3) is 0 Å². The third-order valence-electron chi connectivity index (χ3n) is 2.18. The van der Waals surface area contributed by atoms with Gasteiger partial charge in [0.1, 0.15) is 0 Å². The Morgan fingerprint density at radius 2 is 2.55 bits per heavy atom. The van der Waals surface area contributed by atoms with E-state index in [4.69, 9.17) is 5.73 Å². The normalized spacial score (nSPS) is 29.5. The molecule has 1 fully saturated rings. The topological polar surface area (TPSA) is 46.3 Å². The third-order valence-corrected chi connectivity index (χ3v) is 2.18. The first kappa shape index (κ1) is 8.27. The third kappa shape index (κ3) is 1.28. The van der Waals surface area contributed by atoms with E-state index in [0.717, 1.165) is 6.42 Å². The highest BCUT2D eigenvalue weighted by Crippen LogP contribution is 2.19. The van der Waals surface area contributed by atoms with Crippen molar-refractivity contribution in [3.05, 3.63) is 12.7 Å². The molecule has 1 rings (SSSR count). The van der Waals surface area contributed by atoms with E-state index < -0.39 is 0 Å². The molecule has 3 heteroatoms. The Labute approximate surface area is 66.9 Å². The molecule has 1 aliphatic rings. The molecular formula is C8H14N2O. The molecule has 3 nitrogen and oxygen atoms in total. The summed E-state index contributed by atoms with van der Waals surface area (Å²) in [6.07, 6.45) is 2.27. The van der Waals surface area contributed by atoms with E-state index >= 15 is 0 Å². The summed E-state index contributed by atoms with van der Waals surface area (Å²) in [5.41, 5.74) is 5.69. The number of carbonyl (C=O) groups excluding carboxylic acids is 1. The summed E-state index contributed by atoms with van der Waals surface area (Å²) >= 11 is 0. The van der Waals surface area contributed by atoms with Gasteiger partial charge in [0.15, 0.2) is 0 Å². The van der Waals surface area contributed by atoms with E-state index in [1.165, 1.54) is 6.08 Å². The number of nitrogens with two attached hydrogens (primary N) is 1. The number of rotatable bonds is 2. The van der Waals surface area contributed by atoms with Crippen LogP contribution in [0.5, 0.6) is 0 Å². The molecule has 1 aliphatic heterocycles. The monoisotopic (exact) mass is 154 g/mol. The maximum atomic E-state index is 11.1. The van der Waals surface area contributed by atoms with E-state index in [0.29, 0.717) is 6.54 Å². The summed E-state index contributed by atoms with van der Waals surface area (Å²) in [7, 11) is 0. The molecule has 0 aliphatic carbocycles. The lowest BCUT2D eigenvalue weighted by Crippen LogP contribution is -2.65. The van der Waals surface area contributed by atoms with E-state index in [2.05, 4.69) is 6.58 Å². The van der Waals surface area contributed by atoms with Crippen molar-refractivity contribution in [2.24, 2.45) is 5.73 Å². The molecule has 11 heavy (non-hydrogen) atoms. The molecule has 0 unspecified atom stereocenters. The molecule has 0 bridgehead atoms. The van der Waals surface area contributed by atoms with Crippen molar-refractivity contribution in [2.75, 3.05) is 6.54 Å². The summed E-state index contributed by atoms with van der Waals surface area (Å²) in [5, 5.41) is 0. The van der Waals surface area contributed by atoms with Crippen LogP contribution in [0.4, 0.5) is 0 Å². The van der Waals surface area contributed by atoms with Gasteiger partial charge in [-0.3, -0.25) is 4.79 Å². The van der Waals surface area contributed by atoms with Crippen LogP contribution in [0.25, 0.3) is 0 Å². The largest absolute Gasteiger partial charge is 0.333 e. The van der Waals surface area contributed by atoms with Gasteiger partial charge in [-0.2, -0.15) is 0 Å².